The topological polar surface area (TPSA) is 65.5 Å². The Kier molecular flexibility index (Phi) is 8.68. The quantitative estimate of drug-likeness (QED) is 0.388. The van der Waals surface area contributed by atoms with Crippen LogP contribution in [0.5, 0.6) is 0 Å². The minimum atomic E-state index is -0.0506. The van der Waals surface area contributed by atoms with E-state index in [-0.39, 0.29) is 5.91 Å². The van der Waals surface area contributed by atoms with Crippen LogP contribution in [0.25, 0.3) is 0 Å². The Morgan fingerprint density at radius 3 is 2.43 bits per heavy atom. The third kappa shape index (κ3) is 7.34. The maximum atomic E-state index is 11.8. The highest BCUT2D eigenvalue weighted by Crippen LogP contribution is 1.96. The number of rotatable bonds is 8. The van der Waals surface area contributed by atoms with Crippen LogP contribution in [-0.4, -0.2) is 38.0 Å². The minimum Gasteiger partial charge on any atom is -0.357 e. The molecule has 1 amide bonds. The largest absolute Gasteiger partial charge is 0.357 e. The molecule has 1 aromatic carbocycles. The Morgan fingerprint density at radius 1 is 1.05 bits per heavy atom. The van der Waals surface area contributed by atoms with Crippen LogP contribution >= 0.6 is 0 Å². The molecule has 0 saturated carbocycles. The molecule has 0 aromatic heterocycles. The van der Waals surface area contributed by atoms with Gasteiger partial charge in [-0.2, -0.15) is 0 Å². The summed E-state index contributed by atoms with van der Waals surface area (Å²) in [6.07, 6.45) is 2.22. The van der Waals surface area contributed by atoms with Crippen LogP contribution in [0.4, 0.5) is 0 Å². The van der Waals surface area contributed by atoms with Crippen LogP contribution in [0.3, 0.4) is 0 Å². The summed E-state index contributed by atoms with van der Waals surface area (Å²) in [6, 6.07) is 9.22. The normalized spacial score (nSPS) is 11.0. The Hall–Kier alpha value is -2.04. The van der Waals surface area contributed by atoms with Gasteiger partial charge in [-0.25, -0.2) is 0 Å². The molecule has 0 bridgehead atoms. The van der Waals surface area contributed by atoms with Gasteiger partial charge in [-0.3, -0.25) is 9.79 Å². The van der Waals surface area contributed by atoms with Crippen LogP contribution in [0.2, 0.25) is 0 Å². The lowest BCUT2D eigenvalue weighted by molar-refractivity contribution is 0.0954. The van der Waals surface area contributed by atoms with E-state index in [1.165, 1.54) is 0 Å². The van der Waals surface area contributed by atoms with Gasteiger partial charge in [0.25, 0.3) is 5.91 Å². The van der Waals surface area contributed by atoms with E-state index in [1.54, 1.807) is 12.1 Å². The van der Waals surface area contributed by atoms with Crippen LogP contribution in [0.1, 0.15) is 37.0 Å². The third-order valence-electron chi connectivity index (χ3n) is 2.86. The molecule has 5 nitrogen and oxygen atoms in total. The molecule has 1 rings (SSSR count). The lowest BCUT2D eigenvalue weighted by Crippen LogP contribution is -2.41. The van der Waals surface area contributed by atoms with Gasteiger partial charge in [-0.15, -0.1) is 0 Å². The fourth-order valence-corrected chi connectivity index (χ4v) is 1.74. The summed E-state index contributed by atoms with van der Waals surface area (Å²) >= 11 is 0. The van der Waals surface area contributed by atoms with Gasteiger partial charge >= 0.3 is 0 Å². The van der Waals surface area contributed by atoms with E-state index in [4.69, 9.17) is 0 Å². The average molecular weight is 290 g/mol. The maximum Gasteiger partial charge on any atom is 0.251 e. The lowest BCUT2D eigenvalue weighted by atomic mass is 10.2. The summed E-state index contributed by atoms with van der Waals surface area (Å²) < 4.78 is 0. The second-order valence-electron chi connectivity index (χ2n) is 4.66. The van der Waals surface area contributed by atoms with Crippen molar-refractivity contribution in [1.82, 2.24) is 16.0 Å². The Morgan fingerprint density at radius 2 is 1.76 bits per heavy atom. The van der Waals surface area contributed by atoms with Gasteiger partial charge in [0.1, 0.15) is 0 Å². The van der Waals surface area contributed by atoms with Crippen molar-refractivity contribution in [3.05, 3.63) is 35.9 Å². The Bertz CT molecular complexity index is 431. The van der Waals surface area contributed by atoms with E-state index < -0.39 is 0 Å². The maximum absolute atomic E-state index is 11.8. The summed E-state index contributed by atoms with van der Waals surface area (Å²) in [5.41, 5.74) is 0.681. The number of nitrogens with zero attached hydrogens (tertiary/aromatic N) is 1. The van der Waals surface area contributed by atoms with Crippen LogP contribution in [0.15, 0.2) is 35.3 Å². The van der Waals surface area contributed by atoms with Gasteiger partial charge in [0.2, 0.25) is 0 Å². The van der Waals surface area contributed by atoms with E-state index in [1.807, 2.05) is 25.1 Å². The van der Waals surface area contributed by atoms with Crippen LogP contribution in [-0.2, 0) is 0 Å². The first kappa shape index (κ1) is 17.0. The minimum absolute atomic E-state index is 0.0506. The van der Waals surface area contributed by atoms with E-state index >= 15 is 0 Å². The number of hydrogen-bond donors (Lipinski definition) is 3. The fourth-order valence-electron chi connectivity index (χ4n) is 1.74. The summed E-state index contributed by atoms with van der Waals surface area (Å²) in [4.78, 5) is 16.3. The number of unbranched alkanes of at least 4 members (excludes halogenated alkanes) is 1. The molecular weight excluding hydrogens is 264 g/mol. The van der Waals surface area contributed by atoms with E-state index in [0.717, 1.165) is 31.9 Å². The molecule has 3 N–H and O–H groups in total. The predicted octanol–water partition coefficient (Wildman–Crippen LogP) is 1.77. The Labute approximate surface area is 127 Å². The molecule has 21 heavy (non-hydrogen) atoms. The first-order valence-corrected chi connectivity index (χ1v) is 7.63. The van der Waals surface area contributed by atoms with Crippen molar-refractivity contribution in [2.45, 2.75) is 26.7 Å². The zero-order valence-electron chi connectivity index (χ0n) is 13.0. The van der Waals surface area contributed by atoms with Gasteiger partial charge in [0, 0.05) is 31.7 Å². The van der Waals surface area contributed by atoms with E-state index in [0.29, 0.717) is 18.7 Å². The molecule has 1 aromatic rings. The highest BCUT2D eigenvalue weighted by Gasteiger charge is 2.03. The fraction of sp³-hybridized carbons (Fsp3) is 0.500. The zero-order chi connectivity index (χ0) is 15.3. The Balaban J connectivity index is 2.27. The van der Waals surface area contributed by atoms with Gasteiger partial charge in [0.15, 0.2) is 5.96 Å². The first-order valence-electron chi connectivity index (χ1n) is 7.63. The highest BCUT2D eigenvalue weighted by molar-refractivity contribution is 5.94. The molecule has 5 heteroatoms. The van der Waals surface area contributed by atoms with Crippen molar-refractivity contribution in [3.8, 4) is 0 Å². The molecule has 0 heterocycles. The molecule has 0 spiro atoms. The second-order valence-corrected chi connectivity index (χ2v) is 4.66. The molecule has 0 saturated heterocycles. The number of nitrogens with one attached hydrogen (secondary N) is 3. The lowest BCUT2D eigenvalue weighted by Gasteiger charge is -2.11. The van der Waals surface area contributed by atoms with Gasteiger partial charge in [-0.1, -0.05) is 31.5 Å². The standard InChI is InChI=1S/C16H26N4O/c1-3-5-11-19-16(17-4-2)20-13-12-18-15(21)14-9-7-6-8-10-14/h6-10H,3-5,11-13H2,1-2H3,(H,18,21)(H2,17,19,20). The summed E-state index contributed by atoms with van der Waals surface area (Å²) in [5, 5.41) is 9.28. The predicted molar refractivity (Wildman–Crippen MR) is 87.7 cm³/mol. The molecule has 0 fully saturated rings. The monoisotopic (exact) mass is 290 g/mol. The third-order valence-corrected chi connectivity index (χ3v) is 2.86. The molecule has 0 radical (unpaired) electrons. The van der Waals surface area contributed by atoms with E-state index in [2.05, 4.69) is 27.9 Å². The smallest absolute Gasteiger partial charge is 0.251 e. The molecule has 0 aliphatic carbocycles. The van der Waals surface area contributed by atoms with Gasteiger partial charge in [0.05, 0.1) is 0 Å². The molecular formula is C16H26N4O. The second kappa shape index (κ2) is 10.7. The molecule has 0 aliphatic rings. The molecule has 116 valence electrons. The van der Waals surface area contributed by atoms with Crippen molar-refractivity contribution >= 4 is 11.9 Å². The molecule has 0 unspecified atom stereocenters. The van der Waals surface area contributed by atoms with Crippen molar-refractivity contribution in [3.63, 3.8) is 0 Å². The van der Waals surface area contributed by atoms with Gasteiger partial charge < -0.3 is 16.0 Å². The molecule has 0 aliphatic heterocycles. The van der Waals surface area contributed by atoms with Crippen molar-refractivity contribution < 1.29 is 4.79 Å². The number of hydrogen-bond acceptors (Lipinski definition) is 2. The van der Waals surface area contributed by atoms with Crippen molar-refractivity contribution in [1.29, 1.82) is 0 Å². The zero-order valence-corrected chi connectivity index (χ0v) is 13.0. The SMILES string of the molecule is CCCCN=C(NCC)NCCNC(=O)c1ccccc1. The summed E-state index contributed by atoms with van der Waals surface area (Å²) in [7, 11) is 0. The number of amides is 1. The summed E-state index contributed by atoms with van der Waals surface area (Å²) in [5.74, 6) is 0.755. The van der Waals surface area contributed by atoms with Crippen molar-refractivity contribution in [2.75, 3.05) is 26.2 Å². The number of carbonyl (C=O) groups excluding carboxylic acids is 1. The van der Waals surface area contributed by atoms with Crippen LogP contribution < -0.4 is 16.0 Å². The summed E-state index contributed by atoms with van der Waals surface area (Å²) in [6.45, 7) is 7.04. The van der Waals surface area contributed by atoms with Crippen LogP contribution in [0, 0.1) is 0 Å². The van der Waals surface area contributed by atoms with Crippen molar-refractivity contribution in [2.24, 2.45) is 4.99 Å². The molecule has 0 atom stereocenters. The van der Waals surface area contributed by atoms with Gasteiger partial charge in [-0.05, 0) is 25.5 Å². The number of benzene rings is 1. The number of guanidine groups is 1. The highest BCUT2D eigenvalue weighted by atomic mass is 16.1. The number of carbonyl (C=O) groups is 1. The average Bonchev–Trinajstić information content (AvgIpc) is 2.52. The first-order chi connectivity index (χ1) is 10.3. The van der Waals surface area contributed by atoms with E-state index in [9.17, 15) is 4.79 Å². The number of aliphatic imine (C=N–C) groups is 1.